The Hall–Kier alpha value is -7.66. The Balaban J connectivity index is 1.11. The number of fused-ring (bicyclic) bond motifs is 15. The van der Waals surface area contributed by atoms with E-state index in [1.165, 1.54) is 144 Å². The van der Waals surface area contributed by atoms with Gasteiger partial charge >= 0.3 is 0 Å². The third-order valence-electron chi connectivity index (χ3n) is 17.3. The van der Waals surface area contributed by atoms with Crippen LogP contribution in [-0.4, -0.2) is 6.71 Å². The average Bonchev–Trinajstić information content (AvgIpc) is 3.73. The second kappa shape index (κ2) is 16.7. The molecule has 0 radical (unpaired) electrons. The highest BCUT2D eigenvalue weighted by Crippen LogP contribution is 2.67. The summed E-state index contributed by atoms with van der Waals surface area (Å²) < 4.78 is 1.40. The molecule has 4 aliphatic rings. The lowest BCUT2D eigenvalue weighted by molar-refractivity contribution is 0.590. The Morgan fingerprint density at radius 2 is 1.04 bits per heavy atom. The maximum Gasteiger partial charge on any atom is 0.264 e. The number of aryl methyl sites for hydroxylation is 2. The molecule has 0 unspecified atom stereocenters. The molecule has 3 heterocycles. The molecule has 2 nitrogen and oxygen atoms in total. The van der Waals surface area contributed by atoms with Crippen molar-refractivity contribution in [2.24, 2.45) is 0 Å². The molecule has 0 amide bonds. The SMILES string of the molecule is Cc1ccc(-c2ccccc2)c(-c2ccc3c(c2)N(c2ccc(C(C)(C)C)cc2)c2cc(C)cc4c2B3c2sc3c(c2N4c2ccc(C(C)(C)C)cc2)-c2ccc(C(C)C)cc2C32c3ccccc3-c3ccccc32)c1. The van der Waals surface area contributed by atoms with E-state index < -0.39 is 5.41 Å². The van der Waals surface area contributed by atoms with Gasteiger partial charge in [-0.05, 0) is 162 Å². The average molecular weight is 999 g/mol. The molecule has 0 N–H and O–H groups in total. The van der Waals surface area contributed by atoms with Crippen LogP contribution in [0, 0.1) is 13.8 Å². The van der Waals surface area contributed by atoms with Crippen LogP contribution in [0.1, 0.15) is 111 Å². The van der Waals surface area contributed by atoms with E-state index in [0.29, 0.717) is 5.92 Å². The third kappa shape index (κ3) is 6.72. The second-order valence-corrected chi connectivity index (χ2v) is 25.5. The van der Waals surface area contributed by atoms with Crippen molar-refractivity contribution in [3.8, 4) is 44.5 Å². The molecule has 0 bridgehead atoms. The van der Waals surface area contributed by atoms with Crippen LogP contribution in [0.2, 0.25) is 0 Å². The highest BCUT2D eigenvalue weighted by Gasteiger charge is 2.57. The van der Waals surface area contributed by atoms with Gasteiger partial charge in [0.05, 0.1) is 11.1 Å². The summed E-state index contributed by atoms with van der Waals surface area (Å²) in [6, 6.07) is 75.3. The molecule has 76 heavy (non-hydrogen) atoms. The first kappa shape index (κ1) is 46.8. The number of hydrogen-bond donors (Lipinski definition) is 0. The van der Waals surface area contributed by atoms with E-state index in [1.54, 1.807) is 0 Å². The van der Waals surface area contributed by atoms with Gasteiger partial charge in [-0.25, -0.2) is 0 Å². The monoisotopic (exact) mass is 998 g/mol. The summed E-state index contributed by atoms with van der Waals surface area (Å²) in [4.78, 5) is 6.72. The first-order valence-electron chi connectivity index (χ1n) is 27.4. The molecule has 2 aliphatic heterocycles. The Morgan fingerprint density at radius 3 is 1.66 bits per heavy atom. The molecule has 10 aromatic rings. The molecule has 1 aromatic heterocycles. The standard InChI is InChI=1S/C72H63BN2S/c1-43(2)47-25-36-56-60(41-47)72(58-22-16-14-20-54(58)55-21-15-17-23-59(55)72)68-65(56)67-69(76-68)73-61-37-26-48(57-38-44(3)24-35-53(57)46-18-12-11-13-19-46)42-62(61)74(51-31-27-49(28-32-51)70(5,6)7)63-39-45(4)40-64(66(63)73)75(67)52-33-29-50(30-34-52)71(8,9)10/h11-43H,1-10H3. The fourth-order valence-electron chi connectivity index (χ4n) is 13.5. The van der Waals surface area contributed by atoms with Crippen molar-refractivity contribution in [3.63, 3.8) is 0 Å². The summed E-state index contributed by atoms with van der Waals surface area (Å²) >= 11 is 2.07. The highest BCUT2D eigenvalue weighted by atomic mass is 32.1. The number of benzene rings is 9. The number of rotatable bonds is 5. The molecule has 370 valence electrons. The van der Waals surface area contributed by atoms with Gasteiger partial charge < -0.3 is 9.80 Å². The van der Waals surface area contributed by atoms with Crippen molar-refractivity contribution < 1.29 is 0 Å². The number of anilines is 6. The minimum Gasteiger partial charge on any atom is -0.311 e. The molecule has 0 atom stereocenters. The molecule has 14 rings (SSSR count). The lowest BCUT2D eigenvalue weighted by Gasteiger charge is -2.44. The molecule has 1 spiro atoms. The van der Waals surface area contributed by atoms with E-state index in [1.807, 2.05) is 0 Å². The van der Waals surface area contributed by atoms with E-state index in [2.05, 4.69) is 284 Å². The summed E-state index contributed by atoms with van der Waals surface area (Å²) in [6.07, 6.45) is 0. The normalized spacial score (nSPS) is 14.3. The first-order valence-corrected chi connectivity index (χ1v) is 28.2. The zero-order valence-electron chi connectivity index (χ0n) is 45.4. The van der Waals surface area contributed by atoms with Crippen LogP contribution in [0.3, 0.4) is 0 Å². The number of nitrogens with zero attached hydrogens (tertiary/aromatic N) is 2. The van der Waals surface area contributed by atoms with E-state index >= 15 is 0 Å². The van der Waals surface area contributed by atoms with Gasteiger partial charge in [0.25, 0.3) is 6.71 Å². The third-order valence-corrected chi connectivity index (χ3v) is 18.6. The first-order chi connectivity index (χ1) is 36.6. The van der Waals surface area contributed by atoms with E-state index in [9.17, 15) is 0 Å². The predicted molar refractivity (Wildman–Crippen MR) is 326 cm³/mol. The highest BCUT2D eigenvalue weighted by molar-refractivity contribution is 7.30. The lowest BCUT2D eigenvalue weighted by atomic mass is 9.36. The van der Waals surface area contributed by atoms with Gasteiger partial charge in [-0.3, -0.25) is 0 Å². The van der Waals surface area contributed by atoms with Gasteiger partial charge in [-0.2, -0.15) is 0 Å². The fraction of sp³-hybridized carbons (Fsp3) is 0.194. The van der Waals surface area contributed by atoms with Crippen molar-refractivity contribution in [3.05, 3.63) is 244 Å². The van der Waals surface area contributed by atoms with Crippen LogP contribution in [0.25, 0.3) is 44.5 Å². The fourth-order valence-corrected chi connectivity index (χ4v) is 15.2. The maximum absolute atomic E-state index is 2.69. The van der Waals surface area contributed by atoms with Crippen LogP contribution in [0.5, 0.6) is 0 Å². The van der Waals surface area contributed by atoms with Crippen LogP contribution in [0.4, 0.5) is 34.1 Å². The maximum atomic E-state index is 2.69. The predicted octanol–water partition coefficient (Wildman–Crippen LogP) is 17.8. The van der Waals surface area contributed by atoms with E-state index in [4.69, 9.17) is 0 Å². The zero-order chi connectivity index (χ0) is 52.2. The smallest absolute Gasteiger partial charge is 0.264 e. The molecule has 0 fully saturated rings. The Bertz CT molecular complexity index is 3970. The molecule has 9 aromatic carbocycles. The summed E-state index contributed by atoms with van der Waals surface area (Å²) in [5.74, 6) is 0.382. The quantitative estimate of drug-likeness (QED) is 0.159. The van der Waals surface area contributed by atoms with Crippen LogP contribution >= 0.6 is 11.3 Å². The Labute approximate surface area is 454 Å². The minimum absolute atomic E-state index is 0.0113. The van der Waals surface area contributed by atoms with Crippen LogP contribution < -0.4 is 25.5 Å². The summed E-state index contributed by atoms with van der Waals surface area (Å²) in [6.45, 7) is 23.1. The lowest BCUT2D eigenvalue weighted by Crippen LogP contribution is -2.60. The van der Waals surface area contributed by atoms with Crippen molar-refractivity contribution in [1.29, 1.82) is 0 Å². The topological polar surface area (TPSA) is 6.48 Å². The van der Waals surface area contributed by atoms with Gasteiger partial charge in [0.2, 0.25) is 0 Å². The van der Waals surface area contributed by atoms with Crippen molar-refractivity contribution in [1.82, 2.24) is 0 Å². The molecule has 2 aliphatic carbocycles. The van der Waals surface area contributed by atoms with Gasteiger partial charge in [-0.15, -0.1) is 11.3 Å². The van der Waals surface area contributed by atoms with Gasteiger partial charge in [0, 0.05) is 43.7 Å². The summed E-state index contributed by atoms with van der Waals surface area (Å²) in [5, 5.41) is 0. The largest absolute Gasteiger partial charge is 0.311 e. The van der Waals surface area contributed by atoms with Gasteiger partial charge in [-0.1, -0.05) is 213 Å². The van der Waals surface area contributed by atoms with Gasteiger partial charge in [0.15, 0.2) is 0 Å². The molecular weight excluding hydrogens is 936 g/mol. The number of hydrogen-bond acceptors (Lipinski definition) is 3. The van der Waals surface area contributed by atoms with E-state index in [-0.39, 0.29) is 17.5 Å². The minimum atomic E-state index is -0.487. The Kier molecular flexibility index (Phi) is 10.3. The van der Waals surface area contributed by atoms with Crippen LogP contribution in [-0.2, 0) is 16.2 Å². The summed E-state index contributed by atoms with van der Waals surface area (Å²) in [5.41, 5.74) is 30.6. The van der Waals surface area contributed by atoms with E-state index in [0.717, 1.165) is 0 Å². The molecule has 0 saturated carbocycles. The van der Waals surface area contributed by atoms with Crippen molar-refractivity contribution in [2.75, 3.05) is 9.80 Å². The molecule has 0 saturated heterocycles. The number of thiophene rings is 1. The zero-order valence-corrected chi connectivity index (χ0v) is 46.2. The van der Waals surface area contributed by atoms with Crippen molar-refractivity contribution in [2.45, 2.75) is 91.4 Å². The Morgan fingerprint density at radius 1 is 0.461 bits per heavy atom. The second-order valence-electron chi connectivity index (χ2n) is 24.4. The van der Waals surface area contributed by atoms with Gasteiger partial charge in [0.1, 0.15) is 0 Å². The van der Waals surface area contributed by atoms with Crippen molar-refractivity contribution >= 4 is 67.9 Å². The molecule has 4 heteroatoms. The van der Waals surface area contributed by atoms with Crippen LogP contribution in [0.15, 0.2) is 194 Å². The molecular formula is C72H63BN2S. The summed E-state index contributed by atoms with van der Waals surface area (Å²) in [7, 11) is 0.